The molecule has 7 heteroatoms. The van der Waals surface area contributed by atoms with Crippen LogP contribution in [0.25, 0.3) is 94.5 Å². The topological polar surface area (TPSA) is 35.9 Å². The molecule has 11 aromatic rings. The van der Waals surface area contributed by atoms with Crippen LogP contribution >= 0.6 is 0 Å². The van der Waals surface area contributed by atoms with Gasteiger partial charge in [-0.2, -0.15) is 12.1 Å². The van der Waals surface area contributed by atoms with E-state index >= 15 is 0 Å². The molecule has 0 atom stereocenters. The Bertz CT molecular complexity index is 3780. The molecule has 334 valence electrons. The van der Waals surface area contributed by atoms with Crippen LogP contribution in [0.15, 0.2) is 182 Å². The number of para-hydroxylation sites is 2. The Kier molecular flexibility index (Phi) is 10.8. The predicted octanol–water partition coefficient (Wildman–Crippen LogP) is 14.4. The zero-order valence-electron chi connectivity index (χ0n) is 38.8. The summed E-state index contributed by atoms with van der Waals surface area (Å²) in [5, 5.41) is 2.23. The third kappa shape index (κ3) is 7.44. The fraction of sp³-hybridized carbons (Fsp3) is 0.115. The van der Waals surface area contributed by atoms with E-state index in [4.69, 9.17) is 9.72 Å². The van der Waals surface area contributed by atoms with E-state index < -0.39 is 13.3 Å². The van der Waals surface area contributed by atoms with Gasteiger partial charge in [-0.25, -0.2) is 0 Å². The predicted molar refractivity (Wildman–Crippen MR) is 277 cm³/mol. The number of aromatic nitrogens is 4. The molecule has 1 aliphatic rings. The van der Waals surface area contributed by atoms with Crippen molar-refractivity contribution in [2.24, 2.45) is 0 Å². The van der Waals surface area contributed by atoms with Crippen LogP contribution in [-0.2, 0) is 26.5 Å². The van der Waals surface area contributed by atoms with Gasteiger partial charge in [-0.1, -0.05) is 106 Å². The zero-order chi connectivity index (χ0) is 45.6. The number of rotatable bonds is 6. The summed E-state index contributed by atoms with van der Waals surface area (Å²) >= 11 is -2.05. The van der Waals surface area contributed by atoms with Crippen molar-refractivity contribution in [2.75, 3.05) is 0 Å². The molecule has 0 bridgehead atoms. The minimum absolute atomic E-state index is 0. The number of hydrogen-bond acceptors (Lipinski definition) is 2. The van der Waals surface area contributed by atoms with Gasteiger partial charge in [0.2, 0.25) is 0 Å². The van der Waals surface area contributed by atoms with Crippen LogP contribution in [0.1, 0.15) is 26.3 Å². The monoisotopic (exact) mass is 1120 g/mol. The third-order valence-corrected chi connectivity index (χ3v) is 17.6. The first kappa shape index (κ1) is 43.8. The Hall–Kier alpha value is -6.79. The van der Waals surface area contributed by atoms with Crippen molar-refractivity contribution in [1.29, 1.82) is 0 Å². The first-order chi connectivity index (χ1) is 32.5. The molecule has 3 aromatic heterocycles. The molecule has 0 unspecified atom stereocenters. The first-order valence-electron chi connectivity index (χ1n) is 23.0. The molecule has 8 aromatic carbocycles. The van der Waals surface area contributed by atoms with Crippen molar-refractivity contribution < 1.29 is 30.4 Å². The Balaban J connectivity index is 0.00000507. The smallest absolute Gasteiger partial charge is 0 e. The number of fused-ring (bicyclic) bond motifs is 10. The molecule has 1 aliphatic heterocycles. The Labute approximate surface area is 415 Å². The van der Waals surface area contributed by atoms with E-state index in [0.29, 0.717) is 11.5 Å². The van der Waals surface area contributed by atoms with Gasteiger partial charge < -0.3 is 4.57 Å². The van der Waals surface area contributed by atoms with Gasteiger partial charge in [0, 0.05) is 21.1 Å². The normalized spacial score (nSPS) is 12.1. The second-order valence-electron chi connectivity index (χ2n) is 19.7. The molecule has 5 nitrogen and oxygen atoms in total. The molecule has 0 spiro atoms. The van der Waals surface area contributed by atoms with Crippen LogP contribution < -0.4 is 13.7 Å². The van der Waals surface area contributed by atoms with Gasteiger partial charge in [0.1, 0.15) is 0 Å². The Morgan fingerprint density at radius 2 is 1.21 bits per heavy atom. The zero-order valence-corrected chi connectivity index (χ0v) is 43.2. The van der Waals surface area contributed by atoms with Crippen molar-refractivity contribution in [1.82, 2.24) is 14.1 Å². The summed E-state index contributed by atoms with van der Waals surface area (Å²) < 4.78 is 14.8. The van der Waals surface area contributed by atoms with E-state index in [1.54, 1.807) is 0 Å². The van der Waals surface area contributed by atoms with Crippen molar-refractivity contribution in [3.05, 3.63) is 206 Å². The van der Waals surface area contributed by atoms with Gasteiger partial charge in [0.25, 0.3) is 6.33 Å². The first-order valence-corrected chi connectivity index (χ1v) is 30.4. The summed E-state index contributed by atoms with van der Waals surface area (Å²) in [6, 6.07) is 70.5. The standard InChI is InChI=1S/C61H48GeN4O.Pt/c1-61(2,3)42-32-33-63-59(36-42)66-56-31-28-41(40-16-13-17-43(34-40)62(4,5)6)35-54(56)52-30-29-46(38-58(52)66)67-45-19-14-18-44(37-45)64-39-65-55-26-12-11-24-51(55)49-22-9-7-20-47(49)48-21-8-10-23-50(48)53-25-15-27-57(64)60(53)65;/h7-36H,1-6H3;/q-2;. The molecule has 0 saturated heterocycles. The van der Waals surface area contributed by atoms with Crippen molar-refractivity contribution in [2.45, 2.75) is 43.5 Å². The maximum Gasteiger partial charge on any atom is 0 e. The van der Waals surface area contributed by atoms with Crippen LogP contribution in [0, 0.1) is 18.5 Å². The number of hydrogen-bond donors (Lipinski definition) is 0. The van der Waals surface area contributed by atoms with Crippen molar-refractivity contribution >= 4 is 50.5 Å². The summed E-state index contributed by atoms with van der Waals surface area (Å²) in [4.78, 5) is 4.97. The van der Waals surface area contributed by atoms with Gasteiger partial charge in [0.05, 0.1) is 16.7 Å². The maximum atomic E-state index is 6.76. The minimum atomic E-state index is -2.05. The molecular weight excluding hydrogens is 1070 g/mol. The average molecular weight is 1120 g/mol. The third-order valence-electron chi connectivity index (χ3n) is 13.3. The summed E-state index contributed by atoms with van der Waals surface area (Å²) in [5.41, 5.74) is 16.5. The van der Waals surface area contributed by atoms with E-state index in [0.717, 1.165) is 61.2 Å². The van der Waals surface area contributed by atoms with Crippen molar-refractivity contribution in [3.63, 3.8) is 0 Å². The van der Waals surface area contributed by atoms with E-state index in [9.17, 15) is 0 Å². The Morgan fingerprint density at radius 1 is 0.559 bits per heavy atom. The summed E-state index contributed by atoms with van der Waals surface area (Å²) in [5.74, 6) is 9.36. The quantitative estimate of drug-likeness (QED) is 0.0945. The molecule has 0 saturated carbocycles. The van der Waals surface area contributed by atoms with Crippen LogP contribution in [0.3, 0.4) is 0 Å². The molecule has 12 rings (SSSR count). The van der Waals surface area contributed by atoms with E-state index in [1.807, 2.05) is 24.4 Å². The van der Waals surface area contributed by atoms with Gasteiger partial charge >= 0.3 is 189 Å². The molecular formula is C61H48GeN4OPt-2. The van der Waals surface area contributed by atoms with E-state index in [2.05, 4.69) is 228 Å². The van der Waals surface area contributed by atoms with Crippen LogP contribution in [0.2, 0.25) is 17.3 Å². The second kappa shape index (κ2) is 16.8. The SMILES string of the molecule is CC(C)(C)c1ccnc(-n2c3[c-]c(Oc4[c-]c(-n5[c-][n+]6c7c(cccc75)-c5ccccc5-c5ccccc5-c5ccccc5-6)ccc4)ccc3c3cc(-c4ccc[c]([Ge]([CH3])([CH3])[CH3])c4)ccc32)c1.[Pt]. The largest absolute Gasteiger partial charge is 0 e. The van der Waals surface area contributed by atoms with Gasteiger partial charge in [0.15, 0.2) is 0 Å². The van der Waals surface area contributed by atoms with Crippen LogP contribution in [0.4, 0.5) is 0 Å². The van der Waals surface area contributed by atoms with Gasteiger partial charge in [-0.3, -0.25) is 4.57 Å². The number of pyridine rings is 1. The average Bonchev–Trinajstić information content (AvgIpc) is 3.90. The van der Waals surface area contributed by atoms with Gasteiger partial charge in [-0.05, 0) is 45.1 Å². The number of imidazole rings is 1. The van der Waals surface area contributed by atoms with E-state index in [-0.39, 0.29) is 26.5 Å². The number of ether oxygens (including phenoxy) is 1. The van der Waals surface area contributed by atoms with Gasteiger partial charge in [-0.15, -0.1) is 12.1 Å². The van der Waals surface area contributed by atoms with Crippen LogP contribution in [0.5, 0.6) is 11.5 Å². The van der Waals surface area contributed by atoms with Crippen LogP contribution in [-0.4, -0.2) is 27.4 Å². The molecule has 0 amide bonds. The Morgan fingerprint density at radius 3 is 1.96 bits per heavy atom. The number of benzene rings is 8. The minimum Gasteiger partial charge on any atom is 0 e. The molecule has 68 heavy (non-hydrogen) atoms. The summed E-state index contributed by atoms with van der Waals surface area (Å²) in [6.45, 7) is 6.72. The molecule has 0 aliphatic carbocycles. The fourth-order valence-electron chi connectivity index (χ4n) is 9.85. The summed E-state index contributed by atoms with van der Waals surface area (Å²) in [6.07, 6.45) is 5.71. The molecule has 0 radical (unpaired) electrons. The van der Waals surface area contributed by atoms with E-state index in [1.165, 1.54) is 43.3 Å². The molecule has 0 N–H and O–H groups in total. The fourth-order valence-corrected chi connectivity index (χ4v) is 12.3. The molecule has 0 fully saturated rings. The van der Waals surface area contributed by atoms with Crippen molar-refractivity contribution in [3.8, 4) is 73.2 Å². The molecule has 4 heterocycles. The number of nitrogens with zero attached hydrogens (tertiary/aromatic N) is 4. The summed E-state index contributed by atoms with van der Waals surface area (Å²) in [7, 11) is 0. The maximum absolute atomic E-state index is 6.76. The second-order valence-corrected chi connectivity index (χ2v) is 30.3.